The SMILES string of the molecule is Cc1ccc2c(c1)[C@@H](C)CC(C)(C)N2C(=O)c1cc(C(F)(F)F)cc(C(F)(F)F)c1. The van der Waals surface area contributed by atoms with Crippen molar-refractivity contribution >= 4 is 11.6 Å². The number of amides is 1. The number of aryl methyl sites for hydroxylation is 1. The third-order valence-corrected chi connectivity index (χ3v) is 5.40. The fraction of sp³-hybridized carbons (Fsp3) is 0.409. The fourth-order valence-electron chi connectivity index (χ4n) is 4.14. The first-order valence-electron chi connectivity index (χ1n) is 9.36. The third kappa shape index (κ3) is 4.04. The Morgan fingerprint density at radius 1 is 0.967 bits per heavy atom. The van der Waals surface area contributed by atoms with Gasteiger partial charge in [0.2, 0.25) is 0 Å². The van der Waals surface area contributed by atoms with Crippen molar-refractivity contribution in [2.75, 3.05) is 4.90 Å². The largest absolute Gasteiger partial charge is 0.416 e. The molecule has 0 saturated carbocycles. The van der Waals surface area contributed by atoms with Gasteiger partial charge in [-0.3, -0.25) is 4.79 Å². The van der Waals surface area contributed by atoms with Crippen LogP contribution >= 0.6 is 0 Å². The lowest BCUT2D eigenvalue weighted by molar-refractivity contribution is -0.143. The summed E-state index contributed by atoms with van der Waals surface area (Å²) in [6, 6.07) is 6.35. The van der Waals surface area contributed by atoms with Crippen LogP contribution < -0.4 is 4.90 Å². The van der Waals surface area contributed by atoms with E-state index in [1.165, 1.54) is 4.90 Å². The number of fused-ring (bicyclic) bond motifs is 1. The summed E-state index contributed by atoms with van der Waals surface area (Å²) in [6.07, 6.45) is -9.52. The minimum absolute atomic E-state index is 0.0253. The van der Waals surface area contributed by atoms with E-state index >= 15 is 0 Å². The molecule has 0 aliphatic carbocycles. The minimum Gasteiger partial charge on any atom is -0.303 e. The highest BCUT2D eigenvalue weighted by atomic mass is 19.4. The Kier molecular flexibility index (Phi) is 5.20. The molecule has 1 aliphatic rings. The van der Waals surface area contributed by atoms with E-state index in [9.17, 15) is 31.1 Å². The molecular weight excluding hydrogens is 408 g/mol. The molecule has 0 spiro atoms. The van der Waals surface area contributed by atoms with E-state index in [0.29, 0.717) is 24.2 Å². The van der Waals surface area contributed by atoms with E-state index in [2.05, 4.69) is 0 Å². The number of hydrogen-bond acceptors (Lipinski definition) is 1. The number of rotatable bonds is 1. The second-order valence-electron chi connectivity index (χ2n) is 8.41. The maximum Gasteiger partial charge on any atom is 0.416 e. The molecule has 1 heterocycles. The number of anilines is 1. The van der Waals surface area contributed by atoms with Gasteiger partial charge in [0.25, 0.3) is 5.91 Å². The van der Waals surface area contributed by atoms with Crippen molar-refractivity contribution in [3.63, 3.8) is 0 Å². The van der Waals surface area contributed by atoms with Gasteiger partial charge < -0.3 is 4.90 Å². The van der Waals surface area contributed by atoms with E-state index < -0.39 is 40.5 Å². The summed E-state index contributed by atoms with van der Waals surface area (Å²) in [6.45, 7) is 7.36. The van der Waals surface area contributed by atoms with Crippen molar-refractivity contribution in [2.24, 2.45) is 0 Å². The molecule has 0 radical (unpaired) electrons. The summed E-state index contributed by atoms with van der Waals surface area (Å²) in [5.74, 6) is -0.820. The molecule has 1 aliphatic heterocycles. The quantitative estimate of drug-likeness (QED) is 0.449. The maximum absolute atomic E-state index is 13.3. The molecule has 30 heavy (non-hydrogen) atoms. The molecule has 0 N–H and O–H groups in total. The minimum atomic E-state index is -5.02. The molecule has 1 amide bonds. The number of carbonyl (C=O) groups is 1. The smallest absolute Gasteiger partial charge is 0.303 e. The molecule has 2 nitrogen and oxygen atoms in total. The van der Waals surface area contributed by atoms with Gasteiger partial charge in [0.15, 0.2) is 0 Å². The Hall–Kier alpha value is -2.51. The van der Waals surface area contributed by atoms with Crippen LogP contribution in [0.3, 0.4) is 0 Å². The lowest BCUT2D eigenvalue weighted by atomic mass is 9.79. The molecule has 8 heteroatoms. The Morgan fingerprint density at radius 3 is 2.00 bits per heavy atom. The van der Waals surface area contributed by atoms with Crippen molar-refractivity contribution in [1.82, 2.24) is 0 Å². The molecular formula is C22H21F6NO. The summed E-state index contributed by atoms with van der Waals surface area (Å²) in [4.78, 5) is 14.6. The van der Waals surface area contributed by atoms with Gasteiger partial charge in [-0.15, -0.1) is 0 Å². The van der Waals surface area contributed by atoms with Crippen molar-refractivity contribution in [3.05, 3.63) is 64.2 Å². The molecule has 3 rings (SSSR count). The molecule has 1 atom stereocenters. The van der Waals surface area contributed by atoms with Crippen LogP contribution in [-0.4, -0.2) is 11.4 Å². The topological polar surface area (TPSA) is 20.3 Å². The zero-order chi connectivity index (χ0) is 22.6. The van der Waals surface area contributed by atoms with Gasteiger partial charge in [0, 0.05) is 16.8 Å². The Balaban J connectivity index is 2.20. The first-order chi connectivity index (χ1) is 13.6. The van der Waals surface area contributed by atoms with E-state index in [4.69, 9.17) is 0 Å². The van der Waals surface area contributed by atoms with E-state index in [1.807, 2.05) is 19.9 Å². The second-order valence-corrected chi connectivity index (χ2v) is 8.41. The lowest BCUT2D eigenvalue weighted by Gasteiger charge is -2.46. The summed E-state index contributed by atoms with van der Waals surface area (Å²) < 4.78 is 79.4. The van der Waals surface area contributed by atoms with Gasteiger partial charge in [-0.1, -0.05) is 24.6 Å². The van der Waals surface area contributed by atoms with E-state index in [0.717, 1.165) is 11.1 Å². The van der Waals surface area contributed by atoms with Gasteiger partial charge in [0.1, 0.15) is 0 Å². The second kappa shape index (κ2) is 7.03. The normalized spacial score (nSPS) is 18.9. The van der Waals surface area contributed by atoms with Crippen LogP contribution in [0.4, 0.5) is 32.0 Å². The third-order valence-electron chi connectivity index (χ3n) is 5.40. The summed E-state index contributed by atoms with van der Waals surface area (Å²) in [5, 5.41) is 0. The van der Waals surface area contributed by atoms with Crippen molar-refractivity contribution in [2.45, 2.75) is 57.9 Å². The Morgan fingerprint density at radius 2 is 1.50 bits per heavy atom. The Bertz CT molecular complexity index is 958. The van der Waals surface area contributed by atoms with Crippen LogP contribution in [0.1, 0.15) is 65.7 Å². The van der Waals surface area contributed by atoms with Gasteiger partial charge >= 0.3 is 12.4 Å². The predicted octanol–water partition coefficient (Wildman–Crippen LogP) is 6.97. The van der Waals surface area contributed by atoms with Gasteiger partial charge in [-0.05, 0) is 62.9 Å². The van der Waals surface area contributed by atoms with E-state index in [-0.39, 0.29) is 12.0 Å². The number of alkyl halides is 6. The zero-order valence-electron chi connectivity index (χ0n) is 16.9. The van der Waals surface area contributed by atoms with Crippen LogP contribution in [0.5, 0.6) is 0 Å². The van der Waals surface area contributed by atoms with Gasteiger partial charge in [-0.2, -0.15) is 26.3 Å². The summed E-state index contributed by atoms with van der Waals surface area (Å²) >= 11 is 0. The molecule has 162 valence electrons. The monoisotopic (exact) mass is 429 g/mol. The van der Waals surface area contributed by atoms with Crippen molar-refractivity contribution < 1.29 is 31.1 Å². The molecule has 2 aromatic carbocycles. The van der Waals surface area contributed by atoms with Crippen LogP contribution in [-0.2, 0) is 12.4 Å². The fourth-order valence-corrected chi connectivity index (χ4v) is 4.14. The first-order valence-corrected chi connectivity index (χ1v) is 9.36. The van der Waals surface area contributed by atoms with Crippen LogP contribution in [0.25, 0.3) is 0 Å². The zero-order valence-corrected chi connectivity index (χ0v) is 16.9. The molecule has 0 bridgehead atoms. The van der Waals surface area contributed by atoms with Crippen LogP contribution in [0.2, 0.25) is 0 Å². The van der Waals surface area contributed by atoms with E-state index in [1.54, 1.807) is 26.0 Å². The number of halogens is 6. The molecule has 0 fully saturated rings. The Labute approximate surface area is 170 Å². The standard InChI is InChI=1S/C22H21F6NO/c1-12-5-6-18-17(7-12)13(2)11-20(3,4)29(18)19(30)14-8-15(21(23,24)25)10-16(9-14)22(26,27)28/h5-10,13H,11H2,1-4H3/t13-/m0/s1. The highest BCUT2D eigenvalue weighted by molar-refractivity contribution is 6.08. The maximum atomic E-state index is 13.3. The highest BCUT2D eigenvalue weighted by Crippen LogP contribution is 2.45. The number of carbonyl (C=O) groups excluding carboxylic acids is 1. The number of nitrogens with zero attached hydrogens (tertiary/aromatic N) is 1. The summed E-state index contributed by atoms with van der Waals surface area (Å²) in [7, 11) is 0. The predicted molar refractivity (Wildman–Crippen MR) is 102 cm³/mol. The van der Waals surface area contributed by atoms with Gasteiger partial charge in [0.05, 0.1) is 11.1 Å². The molecule has 0 unspecified atom stereocenters. The number of hydrogen-bond donors (Lipinski definition) is 0. The molecule has 0 aromatic heterocycles. The summed E-state index contributed by atoms with van der Waals surface area (Å²) in [5.41, 5.74) is -2.17. The van der Waals surface area contributed by atoms with Crippen molar-refractivity contribution in [3.8, 4) is 0 Å². The van der Waals surface area contributed by atoms with Crippen LogP contribution in [0, 0.1) is 6.92 Å². The molecule has 0 saturated heterocycles. The first kappa shape index (κ1) is 22.2. The van der Waals surface area contributed by atoms with Gasteiger partial charge in [-0.25, -0.2) is 0 Å². The van der Waals surface area contributed by atoms with Crippen molar-refractivity contribution in [1.29, 1.82) is 0 Å². The van der Waals surface area contributed by atoms with Crippen LogP contribution in [0.15, 0.2) is 36.4 Å². The molecule has 2 aromatic rings. The average molecular weight is 429 g/mol. The lowest BCUT2D eigenvalue weighted by Crippen LogP contribution is -2.51. The average Bonchev–Trinajstić information content (AvgIpc) is 2.59. The number of benzene rings is 2. The highest BCUT2D eigenvalue weighted by Gasteiger charge is 2.42.